The van der Waals surface area contributed by atoms with E-state index < -0.39 is 23.0 Å². The number of halogens is 2. The Morgan fingerprint density at radius 3 is 2.70 bits per heavy atom. The SMILES string of the molecule is COc1cccc(-n2c(=O)[nH]cc(C(=O)Nc3ccc(F)c(Cl)c3)c2=O)c1. The molecule has 0 spiro atoms. The molecular weight excluding hydrogens is 377 g/mol. The molecule has 0 saturated heterocycles. The van der Waals surface area contributed by atoms with Crippen molar-refractivity contribution < 1.29 is 13.9 Å². The number of H-pyrrole nitrogens is 1. The fraction of sp³-hybridized carbons (Fsp3) is 0.0556. The van der Waals surface area contributed by atoms with E-state index in [0.29, 0.717) is 5.75 Å². The number of rotatable bonds is 4. The number of benzene rings is 2. The molecule has 0 saturated carbocycles. The third-order valence-electron chi connectivity index (χ3n) is 3.71. The monoisotopic (exact) mass is 389 g/mol. The fourth-order valence-electron chi connectivity index (χ4n) is 2.39. The third-order valence-corrected chi connectivity index (χ3v) is 4.00. The quantitative estimate of drug-likeness (QED) is 0.717. The summed E-state index contributed by atoms with van der Waals surface area (Å²) in [7, 11) is 1.45. The number of nitrogens with one attached hydrogen (secondary N) is 2. The Balaban J connectivity index is 2.01. The first-order valence-corrected chi connectivity index (χ1v) is 8.04. The lowest BCUT2D eigenvalue weighted by Gasteiger charge is -2.09. The maximum absolute atomic E-state index is 13.2. The Bertz CT molecular complexity index is 1140. The molecule has 2 aromatic carbocycles. The Morgan fingerprint density at radius 1 is 1.22 bits per heavy atom. The van der Waals surface area contributed by atoms with Gasteiger partial charge >= 0.3 is 5.69 Å². The van der Waals surface area contributed by atoms with E-state index in [-0.39, 0.29) is 22.0 Å². The molecule has 1 heterocycles. The van der Waals surface area contributed by atoms with Gasteiger partial charge in [0.05, 0.1) is 17.8 Å². The molecule has 2 N–H and O–H groups in total. The number of hydrogen-bond acceptors (Lipinski definition) is 4. The van der Waals surface area contributed by atoms with Gasteiger partial charge in [0.15, 0.2) is 0 Å². The summed E-state index contributed by atoms with van der Waals surface area (Å²) in [5.41, 5.74) is -1.41. The molecular formula is C18H13ClFN3O4. The van der Waals surface area contributed by atoms with Crippen LogP contribution in [0.2, 0.25) is 5.02 Å². The standard InChI is InChI=1S/C18H13ClFN3O4/c1-27-12-4-2-3-11(8-12)23-17(25)13(9-21-18(23)26)16(24)22-10-5-6-15(20)14(19)7-10/h2-9H,1H3,(H,21,26)(H,22,24). The molecule has 0 atom stereocenters. The number of nitrogens with zero attached hydrogens (tertiary/aromatic N) is 1. The van der Waals surface area contributed by atoms with Crippen molar-refractivity contribution in [2.75, 3.05) is 12.4 Å². The normalized spacial score (nSPS) is 10.5. The second-order valence-corrected chi connectivity index (χ2v) is 5.84. The number of carbonyl (C=O) groups is 1. The van der Waals surface area contributed by atoms with Crippen molar-refractivity contribution in [1.82, 2.24) is 9.55 Å². The van der Waals surface area contributed by atoms with Crippen molar-refractivity contribution in [3.8, 4) is 11.4 Å². The van der Waals surface area contributed by atoms with Crippen LogP contribution in [-0.4, -0.2) is 22.6 Å². The third kappa shape index (κ3) is 3.75. The van der Waals surface area contributed by atoms with Crippen LogP contribution in [0.15, 0.2) is 58.3 Å². The zero-order chi connectivity index (χ0) is 19.6. The Morgan fingerprint density at radius 2 is 2.00 bits per heavy atom. The van der Waals surface area contributed by atoms with Crippen molar-refractivity contribution in [3.63, 3.8) is 0 Å². The molecule has 0 radical (unpaired) electrons. The lowest BCUT2D eigenvalue weighted by molar-refractivity contribution is 0.102. The molecule has 7 nitrogen and oxygen atoms in total. The van der Waals surface area contributed by atoms with Gasteiger partial charge in [0.2, 0.25) is 0 Å². The van der Waals surface area contributed by atoms with E-state index in [0.717, 1.165) is 16.8 Å². The van der Waals surface area contributed by atoms with E-state index in [1.54, 1.807) is 12.1 Å². The van der Waals surface area contributed by atoms with Gasteiger partial charge in [-0.15, -0.1) is 0 Å². The molecule has 3 rings (SSSR count). The van der Waals surface area contributed by atoms with E-state index in [9.17, 15) is 18.8 Å². The molecule has 0 aliphatic carbocycles. The zero-order valence-electron chi connectivity index (χ0n) is 14.0. The van der Waals surface area contributed by atoms with Crippen LogP contribution >= 0.6 is 11.6 Å². The first-order chi connectivity index (χ1) is 12.9. The number of hydrogen-bond donors (Lipinski definition) is 2. The molecule has 138 valence electrons. The molecule has 0 fully saturated rings. The Hall–Kier alpha value is -3.39. The second kappa shape index (κ2) is 7.46. The summed E-state index contributed by atoms with van der Waals surface area (Å²) in [6.45, 7) is 0. The minimum atomic E-state index is -0.822. The number of aromatic nitrogens is 2. The van der Waals surface area contributed by atoms with Crippen LogP contribution < -0.4 is 21.3 Å². The van der Waals surface area contributed by atoms with E-state index in [4.69, 9.17) is 16.3 Å². The molecule has 0 unspecified atom stereocenters. The lowest BCUT2D eigenvalue weighted by atomic mass is 10.2. The molecule has 1 aromatic heterocycles. The Kier molecular flexibility index (Phi) is 5.09. The highest BCUT2D eigenvalue weighted by Crippen LogP contribution is 2.19. The first kappa shape index (κ1) is 18.4. The fourth-order valence-corrected chi connectivity index (χ4v) is 2.57. The minimum absolute atomic E-state index is 0.178. The van der Waals surface area contributed by atoms with Gasteiger partial charge in [-0.25, -0.2) is 13.8 Å². The molecule has 0 bridgehead atoms. The number of ether oxygens (including phenoxy) is 1. The van der Waals surface area contributed by atoms with Gasteiger partial charge in [-0.3, -0.25) is 9.59 Å². The molecule has 1 amide bonds. The molecule has 0 aliphatic heterocycles. The van der Waals surface area contributed by atoms with Crippen LogP contribution in [0.1, 0.15) is 10.4 Å². The van der Waals surface area contributed by atoms with Gasteiger partial charge < -0.3 is 15.0 Å². The van der Waals surface area contributed by atoms with Gasteiger partial charge in [0, 0.05) is 18.0 Å². The van der Waals surface area contributed by atoms with E-state index in [2.05, 4.69) is 10.3 Å². The Labute approximate surface area is 157 Å². The van der Waals surface area contributed by atoms with Crippen molar-refractivity contribution in [3.05, 3.63) is 85.9 Å². The molecule has 27 heavy (non-hydrogen) atoms. The van der Waals surface area contributed by atoms with Crippen molar-refractivity contribution in [1.29, 1.82) is 0 Å². The van der Waals surface area contributed by atoms with Crippen molar-refractivity contribution in [2.24, 2.45) is 0 Å². The summed E-state index contributed by atoms with van der Waals surface area (Å²) in [4.78, 5) is 39.6. The highest BCUT2D eigenvalue weighted by Gasteiger charge is 2.17. The second-order valence-electron chi connectivity index (χ2n) is 5.43. The van der Waals surface area contributed by atoms with E-state index in [1.807, 2.05) is 0 Å². The van der Waals surface area contributed by atoms with Crippen LogP contribution in [0, 0.1) is 5.82 Å². The van der Waals surface area contributed by atoms with E-state index in [1.165, 1.54) is 31.4 Å². The number of methoxy groups -OCH3 is 1. The smallest absolute Gasteiger partial charge is 0.333 e. The van der Waals surface area contributed by atoms with Gasteiger partial charge in [-0.2, -0.15) is 0 Å². The molecule has 9 heteroatoms. The maximum Gasteiger partial charge on any atom is 0.333 e. The largest absolute Gasteiger partial charge is 0.497 e. The van der Waals surface area contributed by atoms with E-state index >= 15 is 0 Å². The molecule has 0 aliphatic rings. The number of carbonyl (C=O) groups excluding carboxylic acids is 1. The van der Waals surface area contributed by atoms with Gasteiger partial charge in [0.25, 0.3) is 11.5 Å². The number of amides is 1. The van der Waals surface area contributed by atoms with Crippen LogP contribution in [0.4, 0.5) is 10.1 Å². The van der Waals surface area contributed by atoms with Gasteiger partial charge in [-0.1, -0.05) is 17.7 Å². The highest BCUT2D eigenvalue weighted by molar-refractivity contribution is 6.31. The van der Waals surface area contributed by atoms with Crippen molar-refractivity contribution in [2.45, 2.75) is 0 Å². The zero-order valence-corrected chi connectivity index (χ0v) is 14.7. The number of anilines is 1. The van der Waals surface area contributed by atoms with Crippen molar-refractivity contribution >= 4 is 23.2 Å². The average Bonchev–Trinajstić information content (AvgIpc) is 2.65. The predicted molar refractivity (Wildman–Crippen MR) is 98.6 cm³/mol. The van der Waals surface area contributed by atoms with Crippen LogP contribution in [0.25, 0.3) is 5.69 Å². The molecule has 3 aromatic rings. The summed E-state index contributed by atoms with van der Waals surface area (Å²) in [5, 5.41) is 2.26. The number of aromatic amines is 1. The minimum Gasteiger partial charge on any atom is -0.497 e. The maximum atomic E-state index is 13.2. The van der Waals surface area contributed by atoms with Gasteiger partial charge in [0.1, 0.15) is 17.1 Å². The van der Waals surface area contributed by atoms with Crippen LogP contribution in [0.3, 0.4) is 0 Å². The summed E-state index contributed by atoms with van der Waals surface area (Å²) in [5.74, 6) is -0.982. The lowest BCUT2D eigenvalue weighted by Crippen LogP contribution is -2.38. The van der Waals surface area contributed by atoms with Crippen LogP contribution in [-0.2, 0) is 0 Å². The topological polar surface area (TPSA) is 93.2 Å². The summed E-state index contributed by atoms with van der Waals surface area (Å²) >= 11 is 5.68. The van der Waals surface area contributed by atoms with Gasteiger partial charge in [-0.05, 0) is 30.3 Å². The van der Waals surface area contributed by atoms with Crippen LogP contribution in [0.5, 0.6) is 5.75 Å². The predicted octanol–water partition coefficient (Wildman–Crippen LogP) is 2.58. The summed E-state index contributed by atoms with van der Waals surface area (Å²) in [6, 6.07) is 9.86. The highest BCUT2D eigenvalue weighted by atomic mass is 35.5. The first-order valence-electron chi connectivity index (χ1n) is 7.66. The summed E-state index contributed by atoms with van der Waals surface area (Å²) in [6.07, 6.45) is 1.02. The summed E-state index contributed by atoms with van der Waals surface area (Å²) < 4.78 is 19.1. The average molecular weight is 390 g/mol.